The number of rotatable bonds is 8. The number of carbonyl (C=O) groups is 1. The fourth-order valence-corrected chi connectivity index (χ4v) is 7.18. The Balaban J connectivity index is 1.73. The molecule has 12 heteroatoms. The average molecular weight is 579 g/mol. The molecule has 0 heterocycles. The molecule has 4 rings (SSSR count). The van der Waals surface area contributed by atoms with Crippen LogP contribution < -0.4 is 9.62 Å². The van der Waals surface area contributed by atoms with Gasteiger partial charge in [0.15, 0.2) is 0 Å². The quantitative estimate of drug-likeness (QED) is 0.240. The Morgan fingerprint density at radius 1 is 0.892 bits per heavy atom. The fourth-order valence-electron chi connectivity index (χ4n) is 3.77. The molecule has 37 heavy (non-hydrogen) atoms. The molecule has 0 aliphatic carbocycles. The molecular formula is C25H21Cl2N2O6PS. The molecule has 4 aromatic rings. The van der Waals surface area contributed by atoms with Crippen LogP contribution in [0.2, 0.25) is 10.0 Å². The Kier molecular flexibility index (Phi) is 7.94. The SMILES string of the molecule is O=C(NCc1ccccc1)c1cccc2cc(N(CP(=O)(O)O)S(=O)(=O)c3cc(Cl)cc(Cl)c3)ccc12. The summed E-state index contributed by atoms with van der Waals surface area (Å²) in [6, 6.07) is 22.3. The molecule has 0 fully saturated rings. The zero-order valence-corrected chi connectivity index (χ0v) is 22.3. The maximum atomic E-state index is 13.4. The molecule has 0 atom stereocenters. The van der Waals surface area contributed by atoms with Gasteiger partial charge in [0.2, 0.25) is 0 Å². The number of hydrogen-bond acceptors (Lipinski definition) is 4. The highest BCUT2D eigenvalue weighted by molar-refractivity contribution is 7.93. The monoisotopic (exact) mass is 578 g/mol. The molecule has 0 aliphatic heterocycles. The minimum atomic E-state index is -4.84. The minimum Gasteiger partial charge on any atom is -0.348 e. The number of benzene rings is 4. The Labute approximate surface area is 223 Å². The summed E-state index contributed by atoms with van der Waals surface area (Å²) >= 11 is 11.9. The molecule has 4 aromatic carbocycles. The summed E-state index contributed by atoms with van der Waals surface area (Å²) in [7, 11) is -9.31. The smallest absolute Gasteiger partial charge is 0.345 e. The summed E-state index contributed by atoms with van der Waals surface area (Å²) in [5.41, 5.74) is 1.29. The maximum Gasteiger partial charge on any atom is 0.345 e. The van der Waals surface area contributed by atoms with Crippen LogP contribution in [-0.4, -0.2) is 30.4 Å². The molecule has 0 unspecified atom stereocenters. The number of nitrogens with zero attached hydrogens (tertiary/aromatic N) is 1. The first-order valence-electron chi connectivity index (χ1n) is 10.8. The first kappa shape index (κ1) is 27.1. The number of fused-ring (bicyclic) bond motifs is 1. The molecule has 1 amide bonds. The van der Waals surface area contributed by atoms with Crippen LogP contribution in [0.1, 0.15) is 15.9 Å². The van der Waals surface area contributed by atoms with Gasteiger partial charge in [-0.15, -0.1) is 0 Å². The van der Waals surface area contributed by atoms with Gasteiger partial charge < -0.3 is 15.1 Å². The van der Waals surface area contributed by atoms with Crippen molar-refractivity contribution >= 4 is 63.2 Å². The lowest BCUT2D eigenvalue weighted by molar-refractivity contribution is 0.0952. The van der Waals surface area contributed by atoms with Gasteiger partial charge in [0, 0.05) is 22.2 Å². The highest BCUT2D eigenvalue weighted by atomic mass is 35.5. The third-order valence-electron chi connectivity index (χ3n) is 5.43. The van der Waals surface area contributed by atoms with Crippen molar-refractivity contribution in [2.45, 2.75) is 11.4 Å². The van der Waals surface area contributed by atoms with Gasteiger partial charge in [-0.25, -0.2) is 8.42 Å². The second kappa shape index (κ2) is 10.8. The Hall–Kier alpha value is -2.91. The topological polar surface area (TPSA) is 124 Å². The lowest BCUT2D eigenvalue weighted by Gasteiger charge is -2.25. The minimum absolute atomic E-state index is 0.00577. The molecule has 0 radical (unpaired) electrons. The molecule has 0 saturated carbocycles. The van der Waals surface area contributed by atoms with Crippen molar-refractivity contribution in [2.75, 3.05) is 10.6 Å². The van der Waals surface area contributed by atoms with Crippen LogP contribution in [0.25, 0.3) is 10.8 Å². The van der Waals surface area contributed by atoms with Crippen LogP contribution in [-0.2, 0) is 21.1 Å². The molecular weight excluding hydrogens is 558 g/mol. The van der Waals surface area contributed by atoms with Crippen LogP contribution in [0.15, 0.2) is 89.8 Å². The first-order valence-corrected chi connectivity index (χ1v) is 14.8. The summed E-state index contributed by atoms with van der Waals surface area (Å²) in [5, 5.41) is 3.99. The van der Waals surface area contributed by atoms with Gasteiger partial charge in [-0.2, -0.15) is 0 Å². The van der Waals surface area contributed by atoms with E-state index in [1.807, 2.05) is 30.3 Å². The van der Waals surface area contributed by atoms with E-state index < -0.39 is 23.9 Å². The Bertz CT molecular complexity index is 1610. The second-order valence-corrected chi connectivity index (χ2v) is 12.5. The van der Waals surface area contributed by atoms with Crippen molar-refractivity contribution in [3.63, 3.8) is 0 Å². The molecule has 192 valence electrons. The molecule has 0 bridgehead atoms. The van der Waals surface area contributed by atoms with E-state index in [4.69, 9.17) is 23.2 Å². The summed E-state index contributed by atoms with van der Waals surface area (Å²) in [6.45, 7) is 0.324. The van der Waals surface area contributed by atoms with Gasteiger partial charge in [-0.3, -0.25) is 13.7 Å². The predicted octanol–water partition coefficient (Wildman–Crippen LogP) is 5.41. The maximum absolute atomic E-state index is 13.4. The highest BCUT2D eigenvalue weighted by Gasteiger charge is 2.32. The molecule has 0 saturated heterocycles. The van der Waals surface area contributed by atoms with Crippen molar-refractivity contribution in [3.8, 4) is 0 Å². The summed E-state index contributed by atoms with van der Waals surface area (Å²) in [5.74, 6) is -0.324. The van der Waals surface area contributed by atoms with Gasteiger partial charge in [0.1, 0.15) is 6.29 Å². The number of anilines is 1. The second-order valence-electron chi connectivity index (χ2n) is 8.14. The lowest BCUT2D eigenvalue weighted by atomic mass is 10.0. The first-order chi connectivity index (χ1) is 17.4. The standard InChI is InChI=1S/C25H21Cl2N2O6PS/c26-19-12-20(27)14-22(13-19)37(34,35)29(16-36(31,32)33)21-9-10-23-18(11-21)7-4-8-24(23)25(30)28-15-17-5-2-1-3-6-17/h1-14H,15-16H2,(H,28,30)(H2,31,32,33). The lowest BCUT2D eigenvalue weighted by Crippen LogP contribution is -2.32. The summed E-state index contributed by atoms with van der Waals surface area (Å²) < 4.78 is 39.4. The highest BCUT2D eigenvalue weighted by Crippen LogP contribution is 2.40. The predicted molar refractivity (Wildman–Crippen MR) is 145 cm³/mol. The van der Waals surface area contributed by atoms with Crippen molar-refractivity contribution in [2.24, 2.45) is 0 Å². The number of amides is 1. The third-order valence-corrected chi connectivity index (χ3v) is 8.46. The van der Waals surface area contributed by atoms with E-state index in [1.54, 1.807) is 18.2 Å². The van der Waals surface area contributed by atoms with Gasteiger partial charge in [0.05, 0.1) is 10.6 Å². The van der Waals surface area contributed by atoms with Gasteiger partial charge in [0.25, 0.3) is 15.9 Å². The van der Waals surface area contributed by atoms with Crippen LogP contribution in [0.5, 0.6) is 0 Å². The van der Waals surface area contributed by atoms with E-state index >= 15 is 0 Å². The molecule has 0 aromatic heterocycles. The Morgan fingerprint density at radius 3 is 2.22 bits per heavy atom. The summed E-state index contributed by atoms with van der Waals surface area (Å²) in [4.78, 5) is 31.9. The molecule has 3 N–H and O–H groups in total. The van der Waals surface area contributed by atoms with Gasteiger partial charge in [-0.1, -0.05) is 71.7 Å². The van der Waals surface area contributed by atoms with Crippen molar-refractivity contribution < 1.29 is 27.6 Å². The molecule has 0 aliphatic rings. The van der Waals surface area contributed by atoms with Crippen molar-refractivity contribution in [1.82, 2.24) is 5.32 Å². The average Bonchev–Trinajstić information content (AvgIpc) is 2.84. The van der Waals surface area contributed by atoms with Crippen LogP contribution in [0.4, 0.5) is 5.69 Å². The Morgan fingerprint density at radius 2 is 1.57 bits per heavy atom. The van der Waals surface area contributed by atoms with Crippen LogP contribution >= 0.6 is 30.8 Å². The van der Waals surface area contributed by atoms with E-state index in [0.29, 0.717) is 27.2 Å². The van der Waals surface area contributed by atoms with Crippen LogP contribution in [0.3, 0.4) is 0 Å². The zero-order valence-electron chi connectivity index (χ0n) is 19.1. The molecule has 0 spiro atoms. The normalized spacial score (nSPS) is 11.9. The van der Waals surface area contributed by atoms with E-state index in [-0.39, 0.29) is 26.5 Å². The van der Waals surface area contributed by atoms with E-state index in [9.17, 15) is 27.6 Å². The number of hydrogen-bond donors (Lipinski definition) is 3. The van der Waals surface area contributed by atoms with E-state index in [0.717, 1.165) is 17.7 Å². The van der Waals surface area contributed by atoms with Gasteiger partial charge in [-0.05, 0) is 52.7 Å². The largest absolute Gasteiger partial charge is 0.348 e. The fraction of sp³-hybridized carbons (Fsp3) is 0.0800. The third kappa shape index (κ3) is 6.51. The van der Waals surface area contributed by atoms with Crippen LogP contribution in [0, 0.1) is 0 Å². The number of sulfonamides is 1. The van der Waals surface area contributed by atoms with E-state index in [1.165, 1.54) is 24.3 Å². The van der Waals surface area contributed by atoms with Crippen molar-refractivity contribution in [1.29, 1.82) is 0 Å². The van der Waals surface area contributed by atoms with E-state index in [2.05, 4.69) is 5.32 Å². The number of nitrogens with one attached hydrogen (secondary N) is 1. The molecule has 8 nitrogen and oxygen atoms in total. The zero-order chi connectivity index (χ0) is 26.8. The van der Waals surface area contributed by atoms with Crippen molar-refractivity contribution in [3.05, 3.63) is 106 Å². The number of halogens is 2. The van der Waals surface area contributed by atoms with Gasteiger partial charge >= 0.3 is 7.60 Å². The summed E-state index contributed by atoms with van der Waals surface area (Å²) in [6.07, 6.45) is -1.11. The number of carbonyl (C=O) groups excluding carboxylic acids is 1.